The Balaban J connectivity index is 3.14. The Bertz CT molecular complexity index is 382. The highest BCUT2D eigenvalue weighted by atomic mass is 35.5. The summed E-state index contributed by atoms with van der Waals surface area (Å²) in [6.07, 6.45) is 0.137. The lowest BCUT2D eigenvalue weighted by Crippen LogP contribution is -2.32. The minimum Gasteiger partial charge on any atom is -0.321 e. The van der Waals surface area contributed by atoms with Crippen molar-refractivity contribution in [1.82, 2.24) is 0 Å². The molecule has 1 atom stereocenters. The van der Waals surface area contributed by atoms with Crippen LogP contribution in [0.5, 0.6) is 0 Å². The first-order valence-corrected chi connectivity index (χ1v) is 4.46. The van der Waals surface area contributed by atoms with E-state index in [2.05, 4.69) is 0 Å². The molecule has 0 aliphatic heterocycles. The molecular weight excluding hydrogens is 203 g/mol. The maximum Gasteiger partial charge on any atom is 0.124 e. The standard InChI is InChI=1S/C10H10ClFN2/c1-10(14,4-5-13)8-3-2-7(12)6-9(8)11/h2-3,6H,4,14H2,1H3. The Morgan fingerprint density at radius 3 is 2.79 bits per heavy atom. The monoisotopic (exact) mass is 212 g/mol. The second-order valence-corrected chi connectivity index (χ2v) is 3.78. The van der Waals surface area contributed by atoms with E-state index in [1.54, 1.807) is 6.92 Å². The minimum atomic E-state index is -0.834. The highest BCUT2D eigenvalue weighted by molar-refractivity contribution is 6.31. The lowest BCUT2D eigenvalue weighted by Gasteiger charge is -2.22. The third kappa shape index (κ3) is 2.22. The summed E-state index contributed by atoms with van der Waals surface area (Å²) in [6, 6.07) is 5.96. The molecule has 0 fully saturated rings. The van der Waals surface area contributed by atoms with Crippen LogP contribution in [0.15, 0.2) is 18.2 Å². The molecule has 0 saturated carbocycles. The number of hydrogen-bond acceptors (Lipinski definition) is 2. The first kappa shape index (κ1) is 11.0. The van der Waals surface area contributed by atoms with Crippen molar-refractivity contribution in [3.05, 3.63) is 34.6 Å². The number of hydrogen-bond donors (Lipinski definition) is 1. The molecule has 0 saturated heterocycles. The van der Waals surface area contributed by atoms with Crippen molar-refractivity contribution in [2.45, 2.75) is 18.9 Å². The van der Waals surface area contributed by atoms with Gasteiger partial charge in [0.05, 0.1) is 18.0 Å². The fourth-order valence-corrected chi connectivity index (χ4v) is 1.60. The van der Waals surface area contributed by atoms with Crippen LogP contribution in [0.4, 0.5) is 4.39 Å². The van der Waals surface area contributed by atoms with E-state index >= 15 is 0 Å². The van der Waals surface area contributed by atoms with Gasteiger partial charge in [0.25, 0.3) is 0 Å². The fourth-order valence-electron chi connectivity index (χ4n) is 1.21. The van der Waals surface area contributed by atoms with E-state index in [4.69, 9.17) is 22.6 Å². The molecule has 0 amide bonds. The van der Waals surface area contributed by atoms with Crippen molar-refractivity contribution in [1.29, 1.82) is 5.26 Å². The lowest BCUT2D eigenvalue weighted by molar-refractivity contribution is 0.506. The number of benzene rings is 1. The molecular formula is C10H10ClFN2. The molecule has 74 valence electrons. The van der Waals surface area contributed by atoms with Crippen LogP contribution in [0, 0.1) is 17.1 Å². The second kappa shape index (κ2) is 3.95. The highest BCUT2D eigenvalue weighted by Gasteiger charge is 2.23. The Kier molecular flexibility index (Phi) is 3.10. The van der Waals surface area contributed by atoms with Crippen molar-refractivity contribution in [2.24, 2.45) is 5.73 Å². The van der Waals surface area contributed by atoms with Crippen molar-refractivity contribution < 1.29 is 4.39 Å². The van der Waals surface area contributed by atoms with Gasteiger partial charge in [-0.25, -0.2) is 4.39 Å². The summed E-state index contributed by atoms with van der Waals surface area (Å²) in [4.78, 5) is 0. The fraction of sp³-hybridized carbons (Fsp3) is 0.300. The molecule has 1 aromatic rings. The average Bonchev–Trinajstić information content (AvgIpc) is 2.02. The number of nitrogens with two attached hydrogens (primary N) is 1. The predicted molar refractivity (Wildman–Crippen MR) is 53.2 cm³/mol. The van der Waals surface area contributed by atoms with Gasteiger partial charge in [0.1, 0.15) is 5.82 Å². The van der Waals surface area contributed by atoms with Crippen LogP contribution in [0.3, 0.4) is 0 Å². The van der Waals surface area contributed by atoms with Crippen LogP contribution in [0.2, 0.25) is 5.02 Å². The van der Waals surface area contributed by atoms with Gasteiger partial charge in [-0.05, 0) is 24.6 Å². The lowest BCUT2D eigenvalue weighted by atomic mass is 9.90. The molecule has 0 aromatic heterocycles. The molecule has 0 radical (unpaired) electrons. The van der Waals surface area contributed by atoms with Gasteiger partial charge >= 0.3 is 0 Å². The number of halogens is 2. The van der Waals surface area contributed by atoms with Crippen molar-refractivity contribution in [2.75, 3.05) is 0 Å². The van der Waals surface area contributed by atoms with Gasteiger partial charge in [0.2, 0.25) is 0 Å². The van der Waals surface area contributed by atoms with Crippen molar-refractivity contribution >= 4 is 11.6 Å². The van der Waals surface area contributed by atoms with Crippen molar-refractivity contribution in [3.8, 4) is 6.07 Å². The first-order valence-electron chi connectivity index (χ1n) is 4.09. The quantitative estimate of drug-likeness (QED) is 0.819. The van der Waals surface area contributed by atoms with Gasteiger partial charge in [0.15, 0.2) is 0 Å². The molecule has 1 rings (SSSR count). The summed E-state index contributed by atoms with van der Waals surface area (Å²) >= 11 is 5.82. The maximum atomic E-state index is 12.7. The van der Waals surface area contributed by atoms with Gasteiger partial charge < -0.3 is 5.73 Å². The Labute approximate surface area is 87.1 Å². The molecule has 0 spiro atoms. The molecule has 2 N–H and O–H groups in total. The Morgan fingerprint density at radius 1 is 1.64 bits per heavy atom. The Morgan fingerprint density at radius 2 is 2.29 bits per heavy atom. The predicted octanol–water partition coefficient (Wildman–Crippen LogP) is 2.57. The molecule has 2 nitrogen and oxygen atoms in total. The first-order chi connectivity index (χ1) is 6.47. The van der Waals surface area contributed by atoms with Crippen LogP contribution >= 0.6 is 11.6 Å². The normalized spacial score (nSPS) is 14.5. The molecule has 1 aromatic carbocycles. The maximum absolute atomic E-state index is 12.7. The van der Waals surface area contributed by atoms with Crippen LogP contribution in [-0.4, -0.2) is 0 Å². The van der Waals surface area contributed by atoms with E-state index in [-0.39, 0.29) is 11.4 Å². The zero-order valence-corrected chi connectivity index (χ0v) is 8.48. The van der Waals surface area contributed by atoms with E-state index in [1.165, 1.54) is 18.2 Å². The largest absolute Gasteiger partial charge is 0.321 e. The summed E-state index contributed by atoms with van der Waals surface area (Å²) in [5.41, 5.74) is 5.62. The molecule has 0 heterocycles. The molecule has 4 heteroatoms. The summed E-state index contributed by atoms with van der Waals surface area (Å²) < 4.78 is 12.7. The molecule has 1 unspecified atom stereocenters. The van der Waals surface area contributed by atoms with Gasteiger partial charge in [-0.1, -0.05) is 17.7 Å². The molecule has 0 aliphatic carbocycles. The zero-order valence-electron chi connectivity index (χ0n) is 7.72. The van der Waals surface area contributed by atoms with Crippen LogP contribution in [-0.2, 0) is 5.54 Å². The van der Waals surface area contributed by atoms with Crippen molar-refractivity contribution in [3.63, 3.8) is 0 Å². The van der Waals surface area contributed by atoms with Crippen LogP contribution in [0.1, 0.15) is 18.9 Å². The minimum absolute atomic E-state index is 0.137. The van der Waals surface area contributed by atoms with Gasteiger partial charge in [-0.15, -0.1) is 0 Å². The summed E-state index contributed by atoms with van der Waals surface area (Å²) in [5.74, 6) is -0.411. The van der Waals surface area contributed by atoms with E-state index in [0.29, 0.717) is 5.56 Å². The molecule has 14 heavy (non-hydrogen) atoms. The highest BCUT2D eigenvalue weighted by Crippen LogP contribution is 2.28. The van der Waals surface area contributed by atoms with E-state index in [0.717, 1.165) is 0 Å². The SMILES string of the molecule is CC(N)(CC#N)c1ccc(F)cc1Cl. The Hall–Kier alpha value is -1.11. The van der Waals surface area contributed by atoms with Crippen LogP contribution in [0.25, 0.3) is 0 Å². The zero-order chi connectivity index (χ0) is 10.8. The molecule has 0 bridgehead atoms. The third-order valence-electron chi connectivity index (χ3n) is 1.99. The summed E-state index contributed by atoms with van der Waals surface area (Å²) in [7, 11) is 0. The molecule has 0 aliphatic rings. The smallest absolute Gasteiger partial charge is 0.124 e. The van der Waals surface area contributed by atoms with E-state index in [1.807, 2.05) is 6.07 Å². The number of rotatable bonds is 2. The van der Waals surface area contributed by atoms with Gasteiger partial charge in [0, 0.05) is 5.02 Å². The summed E-state index contributed by atoms with van der Waals surface area (Å²) in [5, 5.41) is 8.82. The average molecular weight is 213 g/mol. The van der Waals surface area contributed by atoms with Gasteiger partial charge in [-0.3, -0.25) is 0 Å². The second-order valence-electron chi connectivity index (χ2n) is 3.38. The third-order valence-corrected chi connectivity index (χ3v) is 2.31. The topological polar surface area (TPSA) is 49.8 Å². The number of nitrogens with zero attached hydrogens (tertiary/aromatic N) is 1. The van der Waals surface area contributed by atoms with Crippen LogP contribution < -0.4 is 5.73 Å². The number of nitriles is 1. The summed E-state index contributed by atoms with van der Waals surface area (Å²) in [6.45, 7) is 1.69. The van der Waals surface area contributed by atoms with E-state index in [9.17, 15) is 4.39 Å². The van der Waals surface area contributed by atoms with E-state index < -0.39 is 11.4 Å². The van der Waals surface area contributed by atoms with Gasteiger partial charge in [-0.2, -0.15) is 5.26 Å².